The van der Waals surface area contributed by atoms with Crippen molar-refractivity contribution in [1.82, 2.24) is 0 Å². The third kappa shape index (κ3) is 5.30. The molecule has 21 heavy (non-hydrogen) atoms. The van der Waals surface area contributed by atoms with Crippen molar-refractivity contribution in [3.05, 3.63) is 59.7 Å². The Morgan fingerprint density at radius 2 is 1.76 bits per heavy atom. The second kappa shape index (κ2) is 8.10. The number of hydrogen-bond acceptors (Lipinski definition) is 3. The third-order valence-electron chi connectivity index (χ3n) is 3.11. The van der Waals surface area contributed by atoms with E-state index in [-0.39, 0.29) is 0 Å². The van der Waals surface area contributed by atoms with Gasteiger partial charge >= 0.3 is 0 Å². The molecule has 0 amide bonds. The highest BCUT2D eigenvalue weighted by molar-refractivity contribution is 5.80. The molecule has 0 aromatic heterocycles. The molecule has 0 fully saturated rings. The standard InChI is InChI=1S/C18H22N2O/c1-3-4-13-21-18-11-7-16(8-12-18)14-19-20-17-9-5-15(2)6-10-17/h5-12,14,20H,3-4,13H2,1-2H3/b19-14+. The molecule has 0 saturated heterocycles. The highest BCUT2D eigenvalue weighted by Crippen LogP contribution is 2.12. The van der Waals surface area contributed by atoms with Gasteiger partial charge in [-0.1, -0.05) is 31.0 Å². The largest absolute Gasteiger partial charge is 0.494 e. The number of nitrogens with one attached hydrogen (secondary N) is 1. The van der Waals surface area contributed by atoms with Gasteiger partial charge in [0.05, 0.1) is 18.5 Å². The molecular weight excluding hydrogens is 260 g/mol. The molecule has 3 heteroatoms. The first-order chi connectivity index (χ1) is 10.3. The van der Waals surface area contributed by atoms with Gasteiger partial charge in [0.25, 0.3) is 0 Å². The van der Waals surface area contributed by atoms with Gasteiger partial charge in [-0.3, -0.25) is 5.43 Å². The minimum absolute atomic E-state index is 0.777. The Morgan fingerprint density at radius 3 is 2.43 bits per heavy atom. The lowest BCUT2D eigenvalue weighted by Crippen LogP contribution is -1.96. The van der Waals surface area contributed by atoms with E-state index in [1.165, 1.54) is 5.56 Å². The lowest BCUT2D eigenvalue weighted by atomic mass is 10.2. The molecule has 0 unspecified atom stereocenters. The summed E-state index contributed by atoms with van der Waals surface area (Å²) >= 11 is 0. The summed E-state index contributed by atoms with van der Waals surface area (Å²) in [5, 5.41) is 4.23. The molecule has 0 bridgehead atoms. The molecule has 0 aliphatic rings. The van der Waals surface area contributed by atoms with E-state index in [1.807, 2.05) is 36.4 Å². The van der Waals surface area contributed by atoms with Crippen molar-refractivity contribution in [2.24, 2.45) is 5.10 Å². The first-order valence-corrected chi connectivity index (χ1v) is 7.36. The van der Waals surface area contributed by atoms with Crippen molar-refractivity contribution >= 4 is 11.9 Å². The van der Waals surface area contributed by atoms with Crippen LogP contribution >= 0.6 is 0 Å². The third-order valence-corrected chi connectivity index (χ3v) is 3.11. The van der Waals surface area contributed by atoms with Crippen molar-refractivity contribution < 1.29 is 4.74 Å². The molecule has 0 heterocycles. The lowest BCUT2D eigenvalue weighted by Gasteiger charge is -2.05. The summed E-state index contributed by atoms with van der Waals surface area (Å²) in [5.74, 6) is 0.909. The van der Waals surface area contributed by atoms with Gasteiger partial charge in [-0.2, -0.15) is 5.10 Å². The number of hydrazone groups is 1. The van der Waals surface area contributed by atoms with Gasteiger partial charge in [0.2, 0.25) is 0 Å². The van der Waals surface area contributed by atoms with Crippen LogP contribution in [-0.2, 0) is 0 Å². The summed E-state index contributed by atoms with van der Waals surface area (Å²) in [6.07, 6.45) is 4.04. The van der Waals surface area contributed by atoms with Crippen LogP contribution in [0.2, 0.25) is 0 Å². The van der Waals surface area contributed by atoms with Crippen LogP contribution in [0.1, 0.15) is 30.9 Å². The Balaban J connectivity index is 1.84. The average molecular weight is 282 g/mol. The summed E-state index contributed by atoms with van der Waals surface area (Å²) in [7, 11) is 0. The zero-order valence-corrected chi connectivity index (χ0v) is 12.7. The van der Waals surface area contributed by atoms with Crippen LogP contribution < -0.4 is 10.2 Å². The maximum atomic E-state index is 5.63. The molecule has 2 aromatic rings. The van der Waals surface area contributed by atoms with Crippen molar-refractivity contribution in [3.63, 3.8) is 0 Å². The zero-order chi connectivity index (χ0) is 14.9. The maximum absolute atomic E-state index is 5.63. The molecule has 2 rings (SSSR count). The predicted octanol–water partition coefficient (Wildman–Crippen LogP) is 4.62. The van der Waals surface area contributed by atoms with Crippen LogP contribution in [0.15, 0.2) is 53.6 Å². The van der Waals surface area contributed by atoms with Gasteiger partial charge in [-0.25, -0.2) is 0 Å². The van der Waals surface area contributed by atoms with Crippen LogP contribution in [-0.4, -0.2) is 12.8 Å². The molecule has 0 atom stereocenters. The van der Waals surface area contributed by atoms with Gasteiger partial charge in [0, 0.05) is 0 Å². The number of anilines is 1. The predicted molar refractivity (Wildman–Crippen MR) is 89.2 cm³/mol. The quantitative estimate of drug-likeness (QED) is 0.456. The zero-order valence-electron chi connectivity index (χ0n) is 12.7. The van der Waals surface area contributed by atoms with E-state index in [1.54, 1.807) is 6.21 Å². The fourth-order valence-corrected chi connectivity index (χ4v) is 1.79. The van der Waals surface area contributed by atoms with E-state index >= 15 is 0 Å². The summed E-state index contributed by atoms with van der Waals surface area (Å²) < 4.78 is 5.63. The van der Waals surface area contributed by atoms with Gasteiger partial charge in [-0.15, -0.1) is 0 Å². The summed E-state index contributed by atoms with van der Waals surface area (Å²) in [4.78, 5) is 0. The van der Waals surface area contributed by atoms with E-state index in [0.29, 0.717) is 0 Å². The fraction of sp³-hybridized carbons (Fsp3) is 0.278. The Morgan fingerprint density at radius 1 is 1.05 bits per heavy atom. The van der Waals surface area contributed by atoms with Crippen molar-refractivity contribution in [1.29, 1.82) is 0 Å². The average Bonchev–Trinajstić information content (AvgIpc) is 2.51. The number of ether oxygens (including phenoxy) is 1. The molecule has 110 valence electrons. The molecule has 1 N–H and O–H groups in total. The Labute approximate surface area is 126 Å². The Kier molecular flexibility index (Phi) is 5.83. The first-order valence-electron chi connectivity index (χ1n) is 7.36. The lowest BCUT2D eigenvalue weighted by molar-refractivity contribution is 0.309. The number of nitrogens with zero attached hydrogens (tertiary/aromatic N) is 1. The molecule has 3 nitrogen and oxygen atoms in total. The minimum Gasteiger partial charge on any atom is -0.494 e. The van der Waals surface area contributed by atoms with E-state index in [2.05, 4.69) is 36.5 Å². The number of unbranched alkanes of at least 4 members (excludes halogenated alkanes) is 1. The second-order valence-electron chi connectivity index (χ2n) is 5.01. The van der Waals surface area contributed by atoms with Crippen LogP contribution in [0.3, 0.4) is 0 Å². The van der Waals surface area contributed by atoms with E-state index in [4.69, 9.17) is 4.74 Å². The topological polar surface area (TPSA) is 33.6 Å². The maximum Gasteiger partial charge on any atom is 0.119 e. The number of benzene rings is 2. The van der Waals surface area contributed by atoms with Crippen LogP contribution in [0, 0.1) is 6.92 Å². The van der Waals surface area contributed by atoms with E-state index in [9.17, 15) is 0 Å². The van der Waals surface area contributed by atoms with Crippen molar-refractivity contribution in [3.8, 4) is 5.75 Å². The highest BCUT2D eigenvalue weighted by atomic mass is 16.5. The normalized spacial score (nSPS) is 10.8. The summed E-state index contributed by atoms with van der Waals surface area (Å²) in [5.41, 5.74) is 6.28. The van der Waals surface area contributed by atoms with Crippen LogP contribution in [0.5, 0.6) is 5.75 Å². The first kappa shape index (κ1) is 15.1. The van der Waals surface area contributed by atoms with Gasteiger partial charge in [-0.05, 0) is 55.3 Å². The molecule has 0 spiro atoms. The Bertz CT molecular complexity index is 559. The molecule has 0 radical (unpaired) electrons. The van der Waals surface area contributed by atoms with Crippen molar-refractivity contribution in [2.75, 3.05) is 12.0 Å². The van der Waals surface area contributed by atoms with Crippen LogP contribution in [0.4, 0.5) is 5.69 Å². The van der Waals surface area contributed by atoms with Gasteiger partial charge in [0.1, 0.15) is 5.75 Å². The van der Waals surface area contributed by atoms with E-state index in [0.717, 1.165) is 36.4 Å². The summed E-state index contributed by atoms with van der Waals surface area (Å²) in [6.45, 7) is 5.00. The smallest absolute Gasteiger partial charge is 0.119 e. The van der Waals surface area contributed by atoms with E-state index < -0.39 is 0 Å². The van der Waals surface area contributed by atoms with Crippen molar-refractivity contribution in [2.45, 2.75) is 26.7 Å². The summed E-state index contributed by atoms with van der Waals surface area (Å²) in [6, 6.07) is 16.1. The highest BCUT2D eigenvalue weighted by Gasteiger charge is 1.94. The number of rotatable bonds is 7. The molecule has 0 aliphatic carbocycles. The molecule has 2 aromatic carbocycles. The molecular formula is C18H22N2O. The second-order valence-corrected chi connectivity index (χ2v) is 5.01. The van der Waals surface area contributed by atoms with Crippen LogP contribution in [0.25, 0.3) is 0 Å². The fourth-order valence-electron chi connectivity index (χ4n) is 1.79. The minimum atomic E-state index is 0.777. The van der Waals surface area contributed by atoms with Gasteiger partial charge in [0.15, 0.2) is 0 Å². The SMILES string of the molecule is CCCCOc1ccc(/C=N/Nc2ccc(C)cc2)cc1. The Hall–Kier alpha value is -2.29. The number of hydrogen-bond donors (Lipinski definition) is 1. The molecule has 0 aliphatic heterocycles. The monoisotopic (exact) mass is 282 g/mol. The molecule has 0 saturated carbocycles. The van der Waals surface area contributed by atoms with Gasteiger partial charge < -0.3 is 4.74 Å². The number of aryl methyl sites for hydroxylation is 1.